The number of aromatic nitrogens is 3. The first kappa shape index (κ1) is 15.6. The Hall–Kier alpha value is -2.88. The van der Waals surface area contributed by atoms with E-state index in [1.165, 1.54) is 11.1 Å². The van der Waals surface area contributed by atoms with Crippen molar-refractivity contribution >= 4 is 16.4 Å². The van der Waals surface area contributed by atoms with Gasteiger partial charge in [-0.1, -0.05) is 48.4 Å². The Bertz CT molecular complexity index is 1150. The summed E-state index contributed by atoms with van der Waals surface area (Å²) >= 11 is 0. The van der Waals surface area contributed by atoms with Gasteiger partial charge in [0.05, 0.1) is 12.1 Å². The molecular weight excluding hydrogens is 310 g/mol. The van der Waals surface area contributed by atoms with Crippen molar-refractivity contribution in [1.29, 1.82) is 0 Å². The fourth-order valence-corrected chi connectivity index (χ4v) is 3.45. The third kappa shape index (κ3) is 2.64. The Morgan fingerprint density at radius 3 is 2.52 bits per heavy atom. The highest BCUT2D eigenvalue weighted by molar-refractivity contribution is 5.87. The molecule has 4 rings (SSSR count). The van der Waals surface area contributed by atoms with E-state index in [-0.39, 0.29) is 5.56 Å². The topological polar surface area (TPSA) is 39.3 Å². The van der Waals surface area contributed by atoms with E-state index >= 15 is 0 Å². The summed E-state index contributed by atoms with van der Waals surface area (Å²) < 4.78 is 3.60. The van der Waals surface area contributed by atoms with E-state index < -0.39 is 0 Å². The molecule has 0 bridgehead atoms. The van der Waals surface area contributed by atoms with Gasteiger partial charge in [-0.2, -0.15) is 5.10 Å². The van der Waals surface area contributed by atoms with Gasteiger partial charge in [-0.25, -0.2) is 4.68 Å². The molecule has 0 fully saturated rings. The molecule has 0 unspecified atom stereocenters. The summed E-state index contributed by atoms with van der Waals surface area (Å²) in [7, 11) is 0. The fourth-order valence-electron chi connectivity index (χ4n) is 3.45. The summed E-state index contributed by atoms with van der Waals surface area (Å²) in [6, 6.07) is 16.5. The van der Waals surface area contributed by atoms with Gasteiger partial charge in [0.1, 0.15) is 11.3 Å². The van der Waals surface area contributed by atoms with Gasteiger partial charge >= 0.3 is 0 Å². The maximum Gasteiger partial charge on any atom is 0.291 e. The Kier molecular flexibility index (Phi) is 3.68. The number of fused-ring (bicyclic) bond motifs is 3. The summed E-state index contributed by atoms with van der Waals surface area (Å²) in [6.07, 6.45) is 0.766. The SMILES string of the molecule is CCc1nn(Cc2cccc(C)c2)c(=O)c2cc3cc(C)ccc3n12. The highest BCUT2D eigenvalue weighted by Crippen LogP contribution is 2.21. The van der Waals surface area contributed by atoms with Crippen molar-refractivity contribution < 1.29 is 0 Å². The fraction of sp³-hybridized carbons (Fsp3) is 0.238. The van der Waals surface area contributed by atoms with Gasteiger partial charge < -0.3 is 0 Å². The van der Waals surface area contributed by atoms with E-state index in [9.17, 15) is 4.79 Å². The lowest BCUT2D eigenvalue weighted by Crippen LogP contribution is -2.27. The molecule has 2 aromatic heterocycles. The first-order chi connectivity index (χ1) is 12.1. The van der Waals surface area contributed by atoms with Crippen LogP contribution in [0.5, 0.6) is 0 Å². The molecule has 0 aliphatic rings. The van der Waals surface area contributed by atoms with Crippen LogP contribution >= 0.6 is 0 Å². The lowest BCUT2D eigenvalue weighted by atomic mass is 10.1. The number of nitrogens with zero attached hydrogens (tertiary/aromatic N) is 3. The van der Waals surface area contributed by atoms with Crippen molar-refractivity contribution in [3.63, 3.8) is 0 Å². The third-order valence-electron chi connectivity index (χ3n) is 4.64. The van der Waals surface area contributed by atoms with Crippen LogP contribution in [0.25, 0.3) is 16.4 Å². The first-order valence-corrected chi connectivity index (χ1v) is 8.64. The standard InChI is InChI=1S/C21H21N3O/c1-4-20-22-23(13-16-7-5-6-14(2)10-16)21(25)19-12-17-11-15(3)8-9-18(17)24(19)20/h5-12H,4,13H2,1-3H3. The highest BCUT2D eigenvalue weighted by atomic mass is 16.1. The van der Waals surface area contributed by atoms with Gasteiger partial charge in [0.15, 0.2) is 0 Å². The van der Waals surface area contributed by atoms with Crippen molar-refractivity contribution in [3.05, 3.63) is 81.4 Å². The minimum absolute atomic E-state index is 0.0486. The number of hydrogen-bond donors (Lipinski definition) is 0. The molecule has 4 nitrogen and oxygen atoms in total. The molecule has 2 heterocycles. The van der Waals surface area contributed by atoms with Crippen LogP contribution in [0.4, 0.5) is 0 Å². The van der Waals surface area contributed by atoms with Gasteiger partial charge in [0.2, 0.25) is 0 Å². The molecule has 25 heavy (non-hydrogen) atoms. The maximum atomic E-state index is 13.0. The predicted molar refractivity (Wildman–Crippen MR) is 101 cm³/mol. The molecule has 0 saturated heterocycles. The molecule has 4 heteroatoms. The second kappa shape index (κ2) is 5.88. The zero-order valence-electron chi connectivity index (χ0n) is 14.8. The maximum absolute atomic E-state index is 13.0. The Morgan fingerprint density at radius 1 is 0.960 bits per heavy atom. The number of benzene rings is 2. The molecule has 0 radical (unpaired) electrons. The normalized spacial score (nSPS) is 11.5. The molecule has 2 aromatic carbocycles. The minimum Gasteiger partial charge on any atom is -0.291 e. The first-order valence-electron chi connectivity index (χ1n) is 8.64. The Labute approximate surface area is 146 Å². The molecule has 0 saturated carbocycles. The van der Waals surface area contributed by atoms with Crippen molar-refractivity contribution in [1.82, 2.24) is 14.2 Å². The van der Waals surface area contributed by atoms with E-state index in [0.717, 1.165) is 28.7 Å². The summed E-state index contributed by atoms with van der Waals surface area (Å²) in [6.45, 7) is 6.69. The van der Waals surface area contributed by atoms with E-state index in [2.05, 4.69) is 56.2 Å². The summed E-state index contributed by atoms with van der Waals surface area (Å²) in [5.41, 5.74) is 5.16. The van der Waals surface area contributed by atoms with Crippen LogP contribution in [0.3, 0.4) is 0 Å². The van der Waals surface area contributed by atoms with Crippen LogP contribution in [0.2, 0.25) is 0 Å². The Balaban J connectivity index is 1.96. The minimum atomic E-state index is -0.0486. The molecular formula is C21H21N3O. The molecule has 126 valence electrons. The second-order valence-corrected chi connectivity index (χ2v) is 6.65. The Morgan fingerprint density at radius 2 is 1.76 bits per heavy atom. The summed E-state index contributed by atoms with van der Waals surface area (Å²) in [4.78, 5) is 13.0. The van der Waals surface area contributed by atoms with Crippen molar-refractivity contribution in [3.8, 4) is 0 Å². The van der Waals surface area contributed by atoms with Crippen LogP contribution in [0.15, 0.2) is 53.3 Å². The van der Waals surface area contributed by atoms with Gasteiger partial charge in [-0.15, -0.1) is 0 Å². The van der Waals surface area contributed by atoms with Crippen LogP contribution in [0, 0.1) is 13.8 Å². The summed E-state index contributed by atoms with van der Waals surface area (Å²) in [5, 5.41) is 5.74. The van der Waals surface area contributed by atoms with Gasteiger partial charge in [0, 0.05) is 11.8 Å². The third-order valence-corrected chi connectivity index (χ3v) is 4.64. The van der Waals surface area contributed by atoms with E-state index in [1.807, 2.05) is 22.6 Å². The summed E-state index contributed by atoms with van der Waals surface area (Å²) in [5.74, 6) is 0.904. The molecule has 0 N–H and O–H groups in total. The molecule has 0 atom stereocenters. The average Bonchev–Trinajstić information content (AvgIpc) is 2.96. The molecule has 0 aliphatic carbocycles. The molecule has 0 spiro atoms. The number of rotatable bonds is 3. The predicted octanol–water partition coefficient (Wildman–Crippen LogP) is 3.88. The number of hydrogen-bond acceptors (Lipinski definition) is 2. The number of aryl methyl sites for hydroxylation is 3. The monoisotopic (exact) mass is 331 g/mol. The van der Waals surface area contributed by atoms with E-state index in [4.69, 9.17) is 0 Å². The van der Waals surface area contributed by atoms with E-state index in [0.29, 0.717) is 12.1 Å². The lowest BCUT2D eigenvalue weighted by Gasteiger charge is -2.10. The lowest BCUT2D eigenvalue weighted by molar-refractivity contribution is 0.604. The van der Waals surface area contributed by atoms with Crippen LogP contribution in [-0.2, 0) is 13.0 Å². The zero-order valence-corrected chi connectivity index (χ0v) is 14.8. The second-order valence-electron chi connectivity index (χ2n) is 6.65. The zero-order chi connectivity index (χ0) is 17.6. The van der Waals surface area contributed by atoms with E-state index in [1.54, 1.807) is 4.68 Å². The highest BCUT2D eigenvalue weighted by Gasteiger charge is 2.13. The van der Waals surface area contributed by atoms with Crippen LogP contribution in [0.1, 0.15) is 29.4 Å². The molecule has 0 aliphatic heterocycles. The molecule has 0 amide bonds. The van der Waals surface area contributed by atoms with Crippen molar-refractivity contribution in [2.45, 2.75) is 33.7 Å². The molecule has 4 aromatic rings. The van der Waals surface area contributed by atoms with Crippen molar-refractivity contribution in [2.24, 2.45) is 0 Å². The van der Waals surface area contributed by atoms with Crippen molar-refractivity contribution in [2.75, 3.05) is 0 Å². The largest absolute Gasteiger partial charge is 0.291 e. The van der Waals surface area contributed by atoms with Gasteiger partial charge in [-0.3, -0.25) is 9.20 Å². The van der Waals surface area contributed by atoms with Gasteiger partial charge in [-0.05, 0) is 37.6 Å². The average molecular weight is 331 g/mol. The van der Waals surface area contributed by atoms with Gasteiger partial charge in [0.25, 0.3) is 5.56 Å². The quantitative estimate of drug-likeness (QED) is 0.571. The van der Waals surface area contributed by atoms with Crippen LogP contribution in [-0.4, -0.2) is 14.2 Å². The smallest absolute Gasteiger partial charge is 0.291 e. The van der Waals surface area contributed by atoms with Crippen LogP contribution < -0.4 is 5.56 Å².